The number of hydrogen-bond donors (Lipinski definition) is 0. The molecule has 12 heavy (non-hydrogen) atoms. The van der Waals surface area contributed by atoms with Gasteiger partial charge in [-0.15, -0.1) is 0 Å². The van der Waals surface area contributed by atoms with Gasteiger partial charge in [-0.1, -0.05) is 20.8 Å². The minimum absolute atomic E-state index is 0.117. The molecule has 1 heterocycles. The Hall–Kier alpha value is -0.990. The molecule has 0 N–H and O–H groups in total. The van der Waals surface area contributed by atoms with Crippen LogP contribution >= 0.6 is 0 Å². The molecule has 0 radical (unpaired) electrons. The maximum atomic E-state index is 13.0. The van der Waals surface area contributed by atoms with Gasteiger partial charge in [-0.05, 0) is 6.92 Å². The van der Waals surface area contributed by atoms with Crippen LogP contribution in [-0.2, 0) is 5.41 Å². The minimum atomic E-state index is -0.421. The third kappa shape index (κ3) is 1.60. The second-order valence-electron chi connectivity index (χ2n) is 3.89. The molecule has 0 bridgehead atoms. The zero-order valence-electron chi connectivity index (χ0n) is 7.85. The lowest BCUT2D eigenvalue weighted by atomic mass is 9.89. The van der Waals surface area contributed by atoms with E-state index in [2.05, 4.69) is 9.97 Å². The molecule has 0 aliphatic heterocycles. The molecule has 0 unspecified atom stereocenters. The van der Waals surface area contributed by atoms with Crippen LogP contribution in [0.4, 0.5) is 4.39 Å². The predicted octanol–water partition coefficient (Wildman–Crippen LogP) is 2.22. The summed E-state index contributed by atoms with van der Waals surface area (Å²) in [4.78, 5) is 7.53. The molecule has 1 rings (SSSR count). The van der Waals surface area contributed by atoms with Crippen LogP contribution in [-0.4, -0.2) is 9.97 Å². The number of rotatable bonds is 0. The Morgan fingerprint density at radius 2 is 1.83 bits per heavy atom. The molecule has 3 heteroatoms. The molecule has 0 aliphatic carbocycles. The maximum Gasteiger partial charge on any atom is 0.219 e. The first-order chi connectivity index (χ1) is 5.43. The molecule has 0 saturated heterocycles. The van der Waals surface area contributed by atoms with Crippen LogP contribution in [0.5, 0.6) is 0 Å². The first-order valence-corrected chi connectivity index (χ1v) is 3.90. The van der Waals surface area contributed by atoms with E-state index in [1.165, 1.54) is 6.33 Å². The lowest BCUT2D eigenvalue weighted by Crippen LogP contribution is -2.16. The summed E-state index contributed by atoms with van der Waals surface area (Å²) < 4.78 is 13.0. The summed E-state index contributed by atoms with van der Waals surface area (Å²) in [6.07, 6.45) is 1.27. The number of aromatic nitrogens is 2. The van der Waals surface area contributed by atoms with Crippen molar-refractivity contribution >= 4 is 0 Å². The third-order valence-electron chi connectivity index (χ3n) is 1.73. The molecule has 0 amide bonds. The summed E-state index contributed by atoms with van der Waals surface area (Å²) in [5, 5.41) is 0. The summed E-state index contributed by atoms with van der Waals surface area (Å²) in [5.74, 6) is -0.421. The summed E-state index contributed by atoms with van der Waals surface area (Å²) in [6.45, 7) is 7.71. The number of hydrogen-bond acceptors (Lipinski definition) is 2. The Labute approximate surface area is 71.9 Å². The Kier molecular flexibility index (Phi) is 2.13. The average molecular weight is 168 g/mol. The SMILES string of the molecule is Cc1c(F)ncnc1C(C)(C)C. The van der Waals surface area contributed by atoms with Gasteiger partial charge in [0.1, 0.15) is 6.33 Å². The first-order valence-electron chi connectivity index (χ1n) is 3.90. The summed E-state index contributed by atoms with van der Waals surface area (Å²) in [5.41, 5.74) is 1.20. The van der Waals surface area contributed by atoms with Crippen LogP contribution in [0.3, 0.4) is 0 Å². The van der Waals surface area contributed by atoms with Crippen LogP contribution in [0, 0.1) is 12.9 Å². The summed E-state index contributed by atoms with van der Waals surface area (Å²) >= 11 is 0. The standard InChI is InChI=1S/C9H13FN2/c1-6-7(9(2,3)4)11-5-12-8(6)10/h5H,1-4H3. The van der Waals surface area contributed by atoms with E-state index in [1.807, 2.05) is 20.8 Å². The van der Waals surface area contributed by atoms with Crippen molar-refractivity contribution in [3.8, 4) is 0 Å². The van der Waals surface area contributed by atoms with Crippen LogP contribution in [0.2, 0.25) is 0 Å². The van der Waals surface area contributed by atoms with E-state index in [0.717, 1.165) is 5.69 Å². The molecule has 0 spiro atoms. The maximum absolute atomic E-state index is 13.0. The van der Waals surface area contributed by atoms with E-state index in [9.17, 15) is 4.39 Å². The van der Waals surface area contributed by atoms with Gasteiger partial charge in [0, 0.05) is 11.0 Å². The molecule has 1 aromatic rings. The largest absolute Gasteiger partial charge is 0.240 e. The second kappa shape index (κ2) is 2.81. The van der Waals surface area contributed by atoms with Gasteiger partial charge in [0.2, 0.25) is 5.95 Å². The summed E-state index contributed by atoms with van der Waals surface area (Å²) in [7, 11) is 0. The van der Waals surface area contributed by atoms with E-state index < -0.39 is 5.95 Å². The van der Waals surface area contributed by atoms with Gasteiger partial charge >= 0.3 is 0 Å². The predicted molar refractivity (Wildman–Crippen MR) is 45.4 cm³/mol. The van der Waals surface area contributed by atoms with Gasteiger partial charge in [0.25, 0.3) is 0 Å². The molecule has 0 saturated carbocycles. The third-order valence-corrected chi connectivity index (χ3v) is 1.73. The van der Waals surface area contributed by atoms with Gasteiger partial charge in [0.05, 0.1) is 5.69 Å². The molecule has 1 aromatic heterocycles. The molecule has 2 nitrogen and oxygen atoms in total. The van der Waals surface area contributed by atoms with Crippen molar-refractivity contribution in [2.45, 2.75) is 33.1 Å². The topological polar surface area (TPSA) is 25.8 Å². The van der Waals surface area contributed by atoms with Gasteiger partial charge in [-0.2, -0.15) is 4.39 Å². The van der Waals surface area contributed by atoms with Crippen molar-refractivity contribution in [2.75, 3.05) is 0 Å². The quantitative estimate of drug-likeness (QED) is 0.555. The van der Waals surface area contributed by atoms with E-state index in [0.29, 0.717) is 5.56 Å². The van der Waals surface area contributed by atoms with Crippen LogP contribution < -0.4 is 0 Å². The zero-order valence-corrected chi connectivity index (χ0v) is 7.85. The molecule has 0 fully saturated rings. The Balaban J connectivity index is 3.26. The highest BCUT2D eigenvalue weighted by atomic mass is 19.1. The van der Waals surface area contributed by atoms with E-state index >= 15 is 0 Å². The van der Waals surface area contributed by atoms with Gasteiger partial charge < -0.3 is 0 Å². The first kappa shape index (κ1) is 9.10. The lowest BCUT2D eigenvalue weighted by molar-refractivity contribution is 0.521. The Morgan fingerprint density at radius 1 is 1.25 bits per heavy atom. The molecule has 0 aromatic carbocycles. The van der Waals surface area contributed by atoms with Crippen molar-refractivity contribution in [3.05, 3.63) is 23.5 Å². The van der Waals surface area contributed by atoms with Gasteiger partial charge in [-0.3, -0.25) is 0 Å². The lowest BCUT2D eigenvalue weighted by Gasteiger charge is -2.19. The fourth-order valence-electron chi connectivity index (χ4n) is 1.18. The highest BCUT2D eigenvalue weighted by Crippen LogP contribution is 2.23. The van der Waals surface area contributed by atoms with E-state index in [-0.39, 0.29) is 5.41 Å². The van der Waals surface area contributed by atoms with Gasteiger partial charge in [0.15, 0.2) is 0 Å². The fourth-order valence-corrected chi connectivity index (χ4v) is 1.18. The van der Waals surface area contributed by atoms with Gasteiger partial charge in [-0.25, -0.2) is 9.97 Å². The average Bonchev–Trinajstić information content (AvgIpc) is 1.92. The minimum Gasteiger partial charge on any atom is -0.240 e. The van der Waals surface area contributed by atoms with Crippen molar-refractivity contribution in [1.29, 1.82) is 0 Å². The molecule has 0 aliphatic rings. The number of halogens is 1. The molecular formula is C9H13FN2. The fraction of sp³-hybridized carbons (Fsp3) is 0.556. The highest BCUT2D eigenvalue weighted by Gasteiger charge is 2.19. The zero-order chi connectivity index (χ0) is 9.35. The van der Waals surface area contributed by atoms with Crippen LogP contribution in [0.1, 0.15) is 32.0 Å². The summed E-state index contributed by atoms with van der Waals surface area (Å²) in [6, 6.07) is 0. The van der Waals surface area contributed by atoms with Crippen molar-refractivity contribution in [2.24, 2.45) is 0 Å². The second-order valence-corrected chi connectivity index (χ2v) is 3.89. The van der Waals surface area contributed by atoms with Crippen LogP contribution in [0.15, 0.2) is 6.33 Å². The number of nitrogens with zero attached hydrogens (tertiary/aromatic N) is 2. The van der Waals surface area contributed by atoms with E-state index in [4.69, 9.17) is 0 Å². The Morgan fingerprint density at radius 3 is 2.25 bits per heavy atom. The van der Waals surface area contributed by atoms with Crippen molar-refractivity contribution in [1.82, 2.24) is 9.97 Å². The molecule has 0 atom stereocenters. The Bertz CT molecular complexity index is 289. The van der Waals surface area contributed by atoms with Crippen LogP contribution in [0.25, 0.3) is 0 Å². The van der Waals surface area contributed by atoms with E-state index in [1.54, 1.807) is 6.92 Å². The monoisotopic (exact) mass is 168 g/mol. The molecular weight excluding hydrogens is 155 g/mol. The smallest absolute Gasteiger partial charge is 0.219 e. The normalized spacial score (nSPS) is 11.8. The van der Waals surface area contributed by atoms with Crippen molar-refractivity contribution < 1.29 is 4.39 Å². The van der Waals surface area contributed by atoms with Crippen molar-refractivity contribution in [3.63, 3.8) is 0 Å². The molecule has 66 valence electrons. The highest BCUT2D eigenvalue weighted by molar-refractivity contribution is 5.22.